The van der Waals surface area contributed by atoms with Crippen molar-refractivity contribution in [3.63, 3.8) is 0 Å². The third-order valence-corrected chi connectivity index (χ3v) is 4.03. The first-order valence-corrected chi connectivity index (χ1v) is 6.88. The fourth-order valence-electron chi connectivity index (χ4n) is 1.21. The number of thiophene rings is 1. The van der Waals surface area contributed by atoms with Gasteiger partial charge in [0.25, 0.3) is 5.91 Å². The Hall–Kier alpha value is -0.520. The van der Waals surface area contributed by atoms with Crippen molar-refractivity contribution in [3.8, 4) is 0 Å². The molecule has 1 amide bonds. The highest BCUT2D eigenvalue weighted by Crippen LogP contribution is 2.12. The molecular weight excluding hydrogens is 230 g/mol. The molecule has 1 heterocycles. The molecule has 0 saturated carbocycles. The lowest BCUT2D eigenvalue weighted by Gasteiger charge is -2.20. The Kier molecular flexibility index (Phi) is 5.14. The number of aliphatic hydroxyl groups is 1. The fraction of sp³-hybridized carbons (Fsp3) is 0.500. The molecular formula is C10H15NO2S2. The lowest BCUT2D eigenvalue weighted by Crippen LogP contribution is -2.41. The van der Waals surface area contributed by atoms with E-state index in [0.717, 1.165) is 0 Å². The van der Waals surface area contributed by atoms with E-state index in [1.54, 1.807) is 17.8 Å². The quantitative estimate of drug-likeness (QED) is 0.828. The van der Waals surface area contributed by atoms with Gasteiger partial charge in [0.15, 0.2) is 0 Å². The summed E-state index contributed by atoms with van der Waals surface area (Å²) in [6, 6.07) is 1.76. The van der Waals surface area contributed by atoms with Gasteiger partial charge >= 0.3 is 0 Å². The van der Waals surface area contributed by atoms with E-state index in [0.29, 0.717) is 5.56 Å². The number of rotatable bonds is 5. The summed E-state index contributed by atoms with van der Waals surface area (Å²) in [4.78, 5) is 11.7. The molecule has 5 heteroatoms. The summed E-state index contributed by atoms with van der Waals surface area (Å²) in [6.07, 6.45) is 1.92. The summed E-state index contributed by atoms with van der Waals surface area (Å²) in [5.74, 6) is -0.0729. The molecule has 0 bridgehead atoms. The van der Waals surface area contributed by atoms with Gasteiger partial charge in [-0.15, -0.1) is 0 Å². The van der Waals surface area contributed by atoms with E-state index in [2.05, 4.69) is 5.32 Å². The molecule has 1 aromatic rings. The zero-order valence-corrected chi connectivity index (χ0v) is 10.4. The number of amides is 1. The molecule has 0 aliphatic carbocycles. The van der Waals surface area contributed by atoms with Crippen LogP contribution in [-0.4, -0.2) is 35.2 Å². The number of carbonyl (C=O) groups is 1. The van der Waals surface area contributed by atoms with Crippen LogP contribution in [0.1, 0.15) is 17.3 Å². The van der Waals surface area contributed by atoms with Crippen LogP contribution in [0, 0.1) is 0 Å². The van der Waals surface area contributed by atoms with Crippen molar-refractivity contribution in [2.75, 3.05) is 12.9 Å². The number of thioether (sulfide) groups is 1. The van der Waals surface area contributed by atoms with Gasteiger partial charge in [-0.05, 0) is 24.6 Å². The molecule has 0 saturated heterocycles. The maximum atomic E-state index is 11.7. The number of nitrogens with one attached hydrogen (secondary N) is 1. The monoisotopic (exact) mass is 245 g/mol. The van der Waals surface area contributed by atoms with Crippen LogP contribution in [0.4, 0.5) is 0 Å². The summed E-state index contributed by atoms with van der Waals surface area (Å²) in [5, 5.41) is 15.7. The second kappa shape index (κ2) is 6.15. The maximum absolute atomic E-state index is 11.7. The molecule has 3 nitrogen and oxygen atoms in total. The molecule has 15 heavy (non-hydrogen) atoms. The van der Waals surface area contributed by atoms with Gasteiger partial charge in [0.2, 0.25) is 0 Å². The highest BCUT2D eigenvalue weighted by atomic mass is 32.2. The molecule has 0 aromatic carbocycles. The highest BCUT2D eigenvalue weighted by Gasteiger charge is 2.17. The van der Waals surface area contributed by atoms with E-state index in [1.165, 1.54) is 11.3 Å². The Balaban J connectivity index is 2.51. The summed E-state index contributed by atoms with van der Waals surface area (Å²) in [5.41, 5.74) is 0.685. The smallest absolute Gasteiger partial charge is 0.252 e. The number of hydrogen-bond donors (Lipinski definition) is 2. The van der Waals surface area contributed by atoms with Crippen molar-refractivity contribution >= 4 is 29.0 Å². The molecule has 1 rings (SSSR count). The molecule has 2 atom stereocenters. The molecule has 0 aliphatic heterocycles. The average Bonchev–Trinajstić information content (AvgIpc) is 2.72. The third-order valence-electron chi connectivity index (χ3n) is 2.18. The van der Waals surface area contributed by atoms with Crippen molar-refractivity contribution < 1.29 is 9.90 Å². The van der Waals surface area contributed by atoms with Crippen molar-refractivity contribution in [1.29, 1.82) is 0 Å². The van der Waals surface area contributed by atoms with Crippen LogP contribution in [0.3, 0.4) is 0 Å². The Bertz CT molecular complexity index is 296. The van der Waals surface area contributed by atoms with E-state index in [4.69, 9.17) is 5.11 Å². The van der Waals surface area contributed by atoms with Gasteiger partial charge in [0.1, 0.15) is 0 Å². The van der Waals surface area contributed by atoms with Gasteiger partial charge in [0, 0.05) is 22.2 Å². The van der Waals surface area contributed by atoms with E-state index in [-0.39, 0.29) is 23.8 Å². The van der Waals surface area contributed by atoms with Crippen molar-refractivity contribution in [2.24, 2.45) is 0 Å². The lowest BCUT2D eigenvalue weighted by molar-refractivity contribution is 0.0936. The SMILES string of the molecule is CSC(CO)C(C)NC(=O)c1ccsc1. The van der Waals surface area contributed by atoms with Gasteiger partial charge in [-0.1, -0.05) is 0 Å². The Morgan fingerprint density at radius 2 is 2.47 bits per heavy atom. The first kappa shape index (κ1) is 12.5. The molecule has 0 radical (unpaired) electrons. The van der Waals surface area contributed by atoms with Crippen LogP contribution in [0.25, 0.3) is 0 Å². The highest BCUT2D eigenvalue weighted by molar-refractivity contribution is 7.99. The van der Waals surface area contributed by atoms with Gasteiger partial charge in [-0.2, -0.15) is 23.1 Å². The van der Waals surface area contributed by atoms with Crippen LogP contribution in [0.5, 0.6) is 0 Å². The standard InChI is InChI=1S/C10H15NO2S2/c1-7(9(5-12)14-2)11-10(13)8-3-4-15-6-8/h3-4,6-7,9,12H,5H2,1-2H3,(H,11,13). The topological polar surface area (TPSA) is 49.3 Å². The number of carbonyl (C=O) groups excluding carboxylic acids is 1. The number of aliphatic hydroxyl groups excluding tert-OH is 1. The molecule has 1 aromatic heterocycles. The first-order valence-electron chi connectivity index (χ1n) is 4.65. The largest absolute Gasteiger partial charge is 0.395 e. The summed E-state index contributed by atoms with van der Waals surface area (Å²) in [6.45, 7) is 1.98. The van der Waals surface area contributed by atoms with Crippen LogP contribution in [0.15, 0.2) is 16.8 Å². The van der Waals surface area contributed by atoms with Crippen LogP contribution in [0.2, 0.25) is 0 Å². The minimum atomic E-state index is -0.0729. The third kappa shape index (κ3) is 3.52. The summed E-state index contributed by atoms with van der Waals surface area (Å²) in [7, 11) is 0. The maximum Gasteiger partial charge on any atom is 0.252 e. The summed E-state index contributed by atoms with van der Waals surface area (Å²) < 4.78 is 0. The molecule has 84 valence electrons. The van der Waals surface area contributed by atoms with Crippen LogP contribution < -0.4 is 5.32 Å². The molecule has 0 fully saturated rings. The Labute approximate surface area is 97.9 Å². The van der Waals surface area contributed by atoms with Gasteiger partial charge in [-0.25, -0.2) is 0 Å². The Morgan fingerprint density at radius 1 is 1.73 bits per heavy atom. The second-order valence-electron chi connectivity index (χ2n) is 3.23. The Morgan fingerprint density at radius 3 is 2.93 bits per heavy atom. The molecule has 0 spiro atoms. The minimum Gasteiger partial charge on any atom is -0.395 e. The normalized spacial score (nSPS) is 14.6. The predicted molar refractivity (Wildman–Crippen MR) is 65.6 cm³/mol. The van der Waals surface area contributed by atoms with E-state index >= 15 is 0 Å². The lowest BCUT2D eigenvalue weighted by atomic mass is 10.2. The van der Waals surface area contributed by atoms with Crippen LogP contribution >= 0.6 is 23.1 Å². The second-order valence-corrected chi connectivity index (χ2v) is 5.09. The van der Waals surface area contributed by atoms with Crippen molar-refractivity contribution in [1.82, 2.24) is 5.32 Å². The first-order chi connectivity index (χ1) is 7.19. The summed E-state index contributed by atoms with van der Waals surface area (Å²) >= 11 is 3.05. The fourth-order valence-corrected chi connectivity index (χ4v) is 2.47. The van der Waals surface area contributed by atoms with E-state index < -0.39 is 0 Å². The molecule has 0 aliphatic rings. The minimum absolute atomic E-state index is 0.0302. The van der Waals surface area contributed by atoms with Crippen LogP contribution in [-0.2, 0) is 0 Å². The van der Waals surface area contributed by atoms with E-state index in [1.807, 2.05) is 23.9 Å². The van der Waals surface area contributed by atoms with Crippen molar-refractivity contribution in [2.45, 2.75) is 18.2 Å². The van der Waals surface area contributed by atoms with Crippen molar-refractivity contribution in [3.05, 3.63) is 22.4 Å². The zero-order chi connectivity index (χ0) is 11.3. The zero-order valence-electron chi connectivity index (χ0n) is 8.77. The molecule has 2 unspecified atom stereocenters. The average molecular weight is 245 g/mol. The van der Waals surface area contributed by atoms with E-state index in [9.17, 15) is 4.79 Å². The predicted octanol–water partition coefficient (Wildman–Crippen LogP) is 1.59. The van der Waals surface area contributed by atoms with Gasteiger partial charge in [0.05, 0.1) is 6.61 Å². The van der Waals surface area contributed by atoms with Gasteiger partial charge < -0.3 is 10.4 Å². The number of hydrogen-bond acceptors (Lipinski definition) is 4. The molecule has 2 N–H and O–H groups in total. The van der Waals surface area contributed by atoms with Gasteiger partial charge in [-0.3, -0.25) is 4.79 Å².